The minimum Gasteiger partial charge on any atom is -0.299 e. The lowest BCUT2D eigenvalue weighted by Gasteiger charge is -2.65. The second-order valence-corrected chi connectivity index (χ2v) is 5.09. The van der Waals surface area contributed by atoms with Gasteiger partial charge >= 0.3 is 0 Å². The van der Waals surface area contributed by atoms with Crippen LogP contribution in [0.25, 0.3) is 0 Å². The van der Waals surface area contributed by atoms with Crippen LogP contribution in [0.2, 0.25) is 0 Å². The van der Waals surface area contributed by atoms with Crippen molar-refractivity contribution in [3.05, 3.63) is 0 Å². The van der Waals surface area contributed by atoms with Gasteiger partial charge in [0.15, 0.2) is 0 Å². The second-order valence-electron chi connectivity index (χ2n) is 5.09. The van der Waals surface area contributed by atoms with E-state index >= 15 is 0 Å². The molecule has 2 nitrogen and oxygen atoms in total. The van der Waals surface area contributed by atoms with Crippen molar-refractivity contribution in [3.8, 4) is 0 Å². The Hall–Kier alpha value is -0.660. The fourth-order valence-electron chi connectivity index (χ4n) is 4.01. The molecule has 0 radical (unpaired) electrons. The highest BCUT2D eigenvalue weighted by atomic mass is 16.1. The average Bonchev–Trinajstić information content (AvgIpc) is 2.10. The van der Waals surface area contributed by atoms with Crippen LogP contribution in [-0.4, -0.2) is 11.6 Å². The average molecular weight is 178 g/mol. The predicted octanol–water partition coefficient (Wildman–Crippen LogP) is 1.58. The first-order chi connectivity index (χ1) is 6.14. The molecule has 0 aromatic heterocycles. The lowest BCUT2D eigenvalue weighted by molar-refractivity contribution is -0.193. The monoisotopic (exact) mass is 178 g/mol. The van der Waals surface area contributed by atoms with Crippen LogP contribution in [0.15, 0.2) is 0 Å². The van der Waals surface area contributed by atoms with E-state index in [1.165, 1.54) is 0 Å². The summed E-state index contributed by atoms with van der Waals surface area (Å²) in [6.45, 7) is 2.21. The molecule has 3 aliphatic rings. The van der Waals surface area contributed by atoms with Gasteiger partial charge in [0, 0.05) is 24.7 Å². The Morgan fingerprint density at radius 3 is 2.62 bits per heavy atom. The Kier molecular flexibility index (Phi) is 1.21. The SMILES string of the molecule is C[C@]12CCC(=O)[C@@H]3[C@H]1C(=O)CC[C@@H]32. The lowest BCUT2D eigenvalue weighted by Crippen LogP contribution is -2.66. The van der Waals surface area contributed by atoms with Crippen LogP contribution in [0, 0.1) is 23.2 Å². The van der Waals surface area contributed by atoms with Gasteiger partial charge < -0.3 is 0 Å². The first kappa shape index (κ1) is 7.72. The van der Waals surface area contributed by atoms with E-state index in [1.54, 1.807) is 0 Å². The highest BCUT2D eigenvalue weighted by Crippen LogP contribution is 2.67. The molecule has 0 aliphatic heterocycles. The molecule has 0 N–H and O–H groups in total. The molecule has 0 spiro atoms. The van der Waals surface area contributed by atoms with E-state index in [2.05, 4.69) is 6.92 Å². The zero-order chi connectivity index (χ0) is 9.22. The van der Waals surface area contributed by atoms with E-state index < -0.39 is 0 Å². The van der Waals surface area contributed by atoms with Crippen molar-refractivity contribution in [1.29, 1.82) is 0 Å². The third-order valence-corrected chi connectivity index (χ3v) is 4.68. The highest BCUT2D eigenvalue weighted by Gasteiger charge is 2.67. The summed E-state index contributed by atoms with van der Waals surface area (Å²) in [6.07, 6.45) is 3.39. The minimum atomic E-state index is 0.118. The van der Waals surface area contributed by atoms with E-state index in [1.807, 2.05) is 0 Å². The molecule has 70 valence electrons. The van der Waals surface area contributed by atoms with Gasteiger partial charge in [-0.25, -0.2) is 0 Å². The number of hydrogen-bond donors (Lipinski definition) is 0. The number of fused-ring (bicyclic) bond motifs is 1. The fraction of sp³-hybridized carbons (Fsp3) is 0.818. The maximum Gasteiger partial charge on any atom is 0.137 e. The summed E-state index contributed by atoms with van der Waals surface area (Å²) < 4.78 is 0. The van der Waals surface area contributed by atoms with Crippen molar-refractivity contribution in [2.75, 3.05) is 0 Å². The number of hydrogen-bond acceptors (Lipinski definition) is 2. The van der Waals surface area contributed by atoms with Gasteiger partial charge in [0.25, 0.3) is 0 Å². The van der Waals surface area contributed by atoms with Crippen LogP contribution in [0.1, 0.15) is 32.6 Å². The summed E-state index contributed by atoms with van der Waals surface area (Å²) in [5, 5.41) is 0. The quantitative estimate of drug-likeness (QED) is 0.564. The van der Waals surface area contributed by atoms with Gasteiger partial charge in [0.05, 0.1) is 0 Å². The molecular formula is C11H14O2. The Labute approximate surface area is 77.7 Å². The van der Waals surface area contributed by atoms with Crippen molar-refractivity contribution in [1.82, 2.24) is 0 Å². The molecule has 3 fully saturated rings. The Bertz CT molecular complexity index is 307. The second kappa shape index (κ2) is 2.05. The Morgan fingerprint density at radius 2 is 2.00 bits per heavy atom. The molecule has 0 amide bonds. The summed E-state index contributed by atoms with van der Waals surface area (Å²) in [6, 6.07) is 0. The Balaban J connectivity index is 2.04. The summed E-state index contributed by atoms with van der Waals surface area (Å²) in [5.41, 5.74) is 0.216. The first-order valence-electron chi connectivity index (χ1n) is 5.20. The van der Waals surface area contributed by atoms with Crippen LogP contribution in [-0.2, 0) is 9.59 Å². The van der Waals surface area contributed by atoms with Crippen LogP contribution in [0.4, 0.5) is 0 Å². The summed E-state index contributed by atoms with van der Waals surface area (Å²) >= 11 is 0. The molecule has 0 unspecified atom stereocenters. The van der Waals surface area contributed by atoms with Gasteiger partial charge in [-0.05, 0) is 24.2 Å². The van der Waals surface area contributed by atoms with Crippen molar-refractivity contribution in [2.24, 2.45) is 23.2 Å². The van der Waals surface area contributed by atoms with Gasteiger partial charge in [0.1, 0.15) is 11.6 Å². The number of Topliss-reactive ketones (excluding diaryl/α,β-unsaturated/α-hetero) is 2. The van der Waals surface area contributed by atoms with Crippen molar-refractivity contribution < 1.29 is 9.59 Å². The molecule has 3 aliphatic carbocycles. The van der Waals surface area contributed by atoms with Gasteiger partial charge in [-0.3, -0.25) is 9.59 Å². The number of rotatable bonds is 0. The molecular weight excluding hydrogens is 164 g/mol. The molecule has 3 saturated carbocycles. The maximum atomic E-state index is 11.6. The van der Waals surface area contributed by atoms with Gasteiger partial charge in [0.2, 0.25) is 0 Å². The topological polar surface area (TPSA) is 34.1 Å². The van der Waals surface area contributed by atoms with Gasteiger partial charge in [-0.2, -0.15) is 0 Å². The van der Waals surface area contributed by atoms with Crippen LogP contribution in [0.3, 0.4) is 0 Å². The van der Waals surface area contributed by atoms with E-state index in [-0.39, 0.29) is 17.3 Å². The first-order valence-corrected chi connectivity index (χ1v) is 5.20. The predicted molar refractivity (Wildman–Crippen MR) is 47.1 cm³/mol. The molecule has 0 saturated heterocycles. The van der Waals surface area contributed by atoms with Crippen molar-refractivity contribution >= 4 is 11.6 Å². The molecule has 4 bridgehead atoms. The van der Waals surface area contributed by atoms with Gasteiger partial charge in [-0.1, -0.05) is 6.92 Å². The minimum absolute atomic E-state index is 0.118. The number of ketones is 2. The molecule has 4 atom stereocenters. The number of carbonyl (C=O) groups excluding carboxylic acids is 2. The molecule has 0 aromatic carbocycles. The smallest absolute Gasteiger partial charge is 0.137 e. The third-order valence-electron chi connectivity index (χ3n) is 4.68. The van der Waals surface area contributed by atoms with Gasteiger partial charge in [-0.15, -0.1) is 0 Å². The lowest BCUT2D eigenvalue weighted by atomic mass is 9.37. The maximum absolute atomic E-state index is 11.6. The van der Waals surface area contributed by atoms with E-state index in [0.29, 0.717) is 17.5 Å². The third kappa shape index (κ3) is 0.673. The van der Waals surface area contributed by atoms with Crippen molar-refractivity contribution in [3.63, 3.8) is 0 Å². The molecule has 0 heterocycles. The highest BCUT2D eigenvalue weighted by molar-refractivity contribution is 5.96. The summed E-state index contributed by atoms with van der Waals surface area (Å²) in [4.78, 5) is 23.2. The van der Waals surface area contributed by atoms with E-state index in [9.17, 15) is 9.59 Å². The van der Waals surface area contributed by atoms with E-state index in [4.69, 9.17) is 0 Å². The summed E-state index contributed by atoms with van der Waals surface area (Å²) in [7, 11) is 0. The summed E-state index contributed by atoms with van der Waals surface area (Å²) in [5.74, 6) is 1.54. The largest absolute Gasteiger partial charge is 0.299 e. The molecule has 13 heavy (non-hydrogen) atoms. The van der Waals surface area contributed by atoms with Crippen LogP contribution in [0.5, 0.6) is 0 Å². The zero-order valence-electron chi connectivity index (χ0n) is 7.88. The molecule has 0 aromatic rings. The zero-order valence-corrected chi connectivity index (χ0v) is 7.88. The van der Waals surface area contributed by atoms with E-state index in [0.717, 1.165) is 25.7 Å². The normalized spacial score (nSPS) is 53.2. The molecule has 3 rings (SSSR count). The van der Waals surface area contributed by atoms with Crippen molar-refractivity contribution in [2.45, 2.75) is 32.6 Å². The van der Waals surface area contributed by atoms with Crippen LogP contribution < -0.4 is 0 Å². The standard InChI is InChI=1S/C11H14O2/c1-11-5-4-7(12)9-6(11)2-3-8(13)10(9)11/h6,9-10H,2-5H2,1H3/t6-,9+,10+,11+/m0/s1. The van der Waals surface area contributed by atoms with Crippen LogP contribution >= 0.6 is 0 Å². The Morgan fingerprint density at radius 1 is 1.23 bits per heavy atom. The number of carbonyl (C=O) groups is 2. The fourth-order valence-corrected chi connectivity index (χ4v) is 4.01. The molecule has 2 heteroatoms.